The predicted octanol–water partition coefficient (Wildman–Crippen LogP) is 3.85. The van der Waals surface area contributed by atoms with Crippen molar-refractivity contribution in [2.45, 2.75) is 40.0 Å². The Bertz CT molecular complexity index is 403. The van der Waals surface area contributed by atoms with Gasteiger partial charge in [0.05, 0.1) is 4.92 Å². The zero-order chi connectivity index (χ0) is 12.5. The summed E-state index contributed by atoms with van der Waals surface area (Å²) in [4.78, 5) is 10.5. The van der Waals surface area contributed by atoms with Gasteiger partial charge in [-0.05, 0) is 22.5 Å². The lowest BCUT2D eigenvalue weighted by Gasteiger charge is -2.20. The lowest BCUT2D eigenvalue weighted by Crippen LogP contribution is -2.12. The number of rotatable bonds is 2. The minimum absolute atomic E-state index is 0.0732. The maximum Gasteiger partial charge on any atom is 0.270 e. The summed E-state index contributed by atoms with van der Waals surface area (Å²) in [5, 5.41) is 10.9. The van der Waals surface area contributed by atoms with Crippen LogP contribution in [0.1, 0.15) is 45.7 Å². The average molecular weight is 220 g/mol. The Kier molecular flexibility index (Phi) is 3.36. The van der Waals surface area contributed by atoms with Crippen LogP contribution in [0.3, 0.4) is 0 Å². The second kappa shape index (κ2) is 4.24. The van der Waals surface area contributed by atoms with Gasteiger partial charge in [-0.25, -0.2) is 0 Å². The summed E-state index contributed by atoms with van der Waals surface area (Å²) in [5.74, 6) is 1.09. The predicted molar refractivity (Wildman–Crippen MR) is 65.5 cm³/mol. The van der Waals surface area contributed by atoms with Crippen molar-refractivity contribution in [3.8, 4) is 0 Å². The summed E-state index contributed by atoms with van der Waals surface area (Å²) in [6.45, 7) is 10.1. The van der Waals surface area contributed by atoms with E-state index in [0.29, 0.717) is 0 Å². The molecule has 0 saturated carbocycles. The Morgan fingerprint density at radius 3 is 2.12 bits per heavy atom. The number of non-ortho nitro benzene ring substituents is 1. The molecular weight excluding hydrogens is 202 g/mol. The van der Waals surface area contributed by atoms with Crippen LogP contribution in [0.5, 0.6) is 0 Å². The van der Waals surface area contributed by atoms with Crippen molar-refractivity contribution >= 4 is 5.69 Å². The minimum Gasteiger partial charge on any atom is -0.258 e. The van der Waals surface area contributed by atoms with Crippen LogP contribution in [-0.2, 0) is 5.41 Å². The minimum atomic E-state index is -0.332. The van der Waals surface area contributed by atoms with Gasteiger partial charge >= 0.3 is 0 Å². The maximum atomic E-state index is 10.9. The second-order valence-corrected chi connectivity index (χ2v) is 5.28. The first kappa shape index (κ1) is 12.7. The summed E-state index contributed by atoms with van der Waals surface area (Å²) >= 11 is 0. The SMILES string of the molecule is C[C](C)c1cc([N+](=O)[O-])cc(C(C)(C)C)c1. The summed E-state index contributed by atoms with van der Waals surface area (Å²) in [5.41, 5.74) is 2.04. The van der Waals surface area contributed by atoms with Crippen molar-refractivity contribution in [2.24, 2.45) is 0 Å². The summed E-state index contributed by atoms with van der Waals surface area (Å²) < 4.78 is 0. The van der Waals surface area contributed by atoms with Gasteiger partial charge in [0.1, 0.15) is 0 Å². The summed E-state index contributed by atoms with van der Waals surface area (Å²) in [7, 11) is 0. The van der Waals surface area contributed by atoms with E-state index in [2.05, 4.69) is 20.8 Å². The molecule has 1 aromatic rings. The molecule has 0 bridgehead atoms. The fourth-order valence-electron chi connectivity index (χ4n) is 1.44. The van der Waals surface area contributed by atoms with Gasteiger partial charge in [0, 0.05) is 12.1 Å². The summed E-state index contributed by atoms with van der Waals surface area (Å²) in [6, 6.07) is 5.32. The molecule has 1 aromatic carbocycles. The van der Waals surface area contributed by atoms with Gasteiger partial charge in [-0.1, -0.05) is 40.7 Å². The third-order valence-electron chi connectivity index (χ3n) is 2.57. The first-order valence-electron chi connectivity index (χ1n) is 5.32. The van der Waals surface area contributed by atoms with E-state index in [-0.39, 0.29) is 16.0 Å². The van der Waals surface area contributed by atoms with E-state index in [1.54, 1.807) is 12.1 Å². The van der Waals surface area contributed by atoms with Crippen LogP contribution in [0.25, 0.3) is 0 Å². The van der Waals surface area contributed by atoms with Crippen molar-refractivity contribution in [1.82, 2.24) is 0 Å². The van der Waals surface area contributed by atoms with Crippen molar-refractivity contribution in [1.29, 1.82) is 0 Å². The standard InChI is InChI=1S/C13H18NO2/c1-9(2)10-6-11(13(3,4)5)8-12(7-10)14(15)16/h6-8H,1-5H3. The van der Waals surface area contributed by atoms with Gasteiger partial charge < -0.3 is 0 Å². The molecule has 0 N–H and O–H groups in total. The van der Waals surface area contributed by atoms with Gasteiger partial charge in [-0.15, -0.1) is 0 Å². The zero-order valence-corrected chi connectivity index (χ0v) is 10.5. The Hall–Kier alpha value is -1.38. The first-order chi connectivity index (χ1) is 7.21. The number of nitro benzene ring substituents is 1. The lowest BCUT2D eigenvalue weighted by atomic mass is 9.84. The highest BCUT2D eigenvalue weighted by atomic mass is 16.6. The van der Waals surface area contributed by atoms with Gasteiger partial charge in [0.2, 0.25) is 0 Å². The van der Waals surface area contributed by atoms with E-state index >= 15 is 0 Å². The number of hydrogen-bond donors (Lipinski definition) is 0. The van der Waals surface area contributed by atoms with E-state index in [0.717, 1.165) is 17.0 Å². The highest BCUT2D eigenvalue weighted by Crippen LogP contribution is 2.29. The Labute approximate surface area is 96.6 Å². The zero-order valence-electron chi connectivity index (χ0n) is 10.5. The highest BCUT2D eigenvalue weighted by molar-refractivity contribution is 5.46. The molecule has 16 heavy (non-hydrogen) atoms. The Morgan fingerprint density at radius 1 is 1.19 bits per heavy atom. The fraction of sp³-hybridized carbons (Fsp3) is 0.462. The van der Waals surface area contributed by atoms with Crippen molar-refractivity contribution in [3.63, 3.8) is 0 Å². The van der Waals surface area contributed by atoms with Crippen LogP contribution in [0.2, 0.25) is 0 Å². The first-order valence-corrected chi connectivity index (χ1v) is 5.32. The van der Waals surface area contributed by atoms with Crippen molar-refractivity contribution in [2.75, 3.05) is 0 Å². The second-order valence-electron chi connectivity index (χ2n) is 5.28. The smallest absolute Gasteiger partial charge is 0.258 e. The lowest BCUT2D eigenvalue weighted by molar-refractivity contribution is -0.385. The molecule has 0 spiro atoms. The average Bonchev–Trinajstić information content (AvgIpc) is 2.15. The maximum absolute atomic E-state index is 10.9. The molecular formula is C13H18NO2. The van der Waals surface area contributed by atoms with E-state index in [1.807, 2.05) is 19.9 Å². The molecule has 0 unspecified atom stereocenters. The molecule has 3 nitrogen and oxygen atoms in total. The number of hydrogen-bond acceptors (Lipinski definition) is 2. The Balaban J connectivity index is 3.36. The van der Waals surface area contributed by atoms with E-state index < -0.39 is 0 Å². The third-order valence-corrected chi connectivity index (χ3v) is 2.57. The molecule has 1 radical (unpaired) electrons. The molecule has 0 heterocycles. The van der Waals surface area contributed by atoms with E-state index in [1.165, 1.54) is 0 Å². The molecule has 0 aromatic heterocycles. The molecule has 3 heteroatoms. The van der Waals surface area contributed by atoms with Crippen LogP contribution < -0.4 is 0 Å². The molecule has 0 fully saturated rings. The largest absolute Gasteiger partial charge is 0.270 e. The molecule has 0 atom stereocenters. The van der Waals surface area contributed by atoms with Crippen molar-refractivity contribution < 1.29 is 4.92 Å². The molecule has 87 valence electrons. The number of nitro groups is 1. The van der Waals surface area contributed by atoms with Crippen LogP contribution in [0.15, 0.2) is 18.2 Å². The molecule has 0 amide bonds. The fourth-order valence-corrected chi connectivity index (χ4v) is 1.44. The van der Waals surface area contributed by atoms with Crippen LogP contribution in [0.4, 0.5) is 5.69 Å². The molecule has 0 aliphatic carbocycles. The van der Waals surface area contributed by atoms with E-state index in [9.17, 15) is 10.1 Å². The Morgan fingerprint density at radius 2 is 1.75 bits per heavy atom. The molecule has 0 saturated heterocycles. The van der Waals surface area contributed by atoms with Crippen LogP contribution in [0, 0.1) is 16.0 Å². The molecule has 0 aliphatic rings. The van der Waals surface area contributed by atoms with Crippen LogP contribution in [-0.4, -0.2) is 4.92 Å². The third kappa shape index (κ3) is 2.81. The number of nitrogens with zero attached hydrogens (tertiary/aromatic N) is 1. The van der Waals surface area contributed by atoms with Gasteiger partial charge in [0.15, 0.2) is 0 Å². The molecule has 0 aliphatic heterocycles. The highest BCUT2D eigenvalue weighted by Gasteiger charge is 2.19. The van der Waals surface area contributed by atoms with E-state index in [4.69, 9.17) is 0 Å². The van der Waals surface area contributed by atoms with Gasteiger partial charge in [-0.3, -0.25) is 10.1 Å². The topological polar surface area (TPSA) is 43.1 Å². The molecule has 1 rings (SSSR count). The quantitative estimate of drug-likeness (QED) is 0.561. The monoisotopic (exact) mass is 220 g/mol. The van der Waals surface area contributed by atoms with Crippen LogP contribution >= 0.6 is 0 Å². The number of benzene rings is 1. The van der Waals surface area contributed by atoms with Gasteiger partial charge in [-0.2, -0.15) is 0 Å². The van der Waals surface area contributed by atoms with Crippen molar-refractivity contribution in [3.05, 3.63) is 45.4 Å². The normalized spacial score (nSPS) is 11.9. The summed E-state index contributed by atoms with van der Waals surface area (Å²) in [6.07, 6.45) is 0. The van der Waals surface area contributed by atoms with Gasteiger partial charge in [0.25, 0.3) is 5.69 Å².